The van der Waals surface area contributed by atoms with Crippen LogP contribution in [0.15, 0.2) is 24.3 Å². The van der Waals surface area contributed by atoms with Crippen LogP contribution in [0.1, 0.15) is 37.0 Å². The van der Waals surface area contributed by atoms with Crippen LogP contribution in [-0.4, -0.2) is 73.7 Å². The Labute approximate surface area is 185 Å². The predicted octanol–water partition coefficient (Wildman–Crippen LogP) is -0.252. The Morgan fingerprint density at radius 3 is 1.91 bits per heavy atom. The highest BCUT2D eigenvalue weighted by atomic mass is 16.6. The van der Waals surface area contributed by atoms with Gasteiger partial charge in [-0.2, -0.15) is 0 Å². The highest BCUT2D eigenvalue weighted by molar-refractivity contribution is 6.01. The fraction of sp³-hybridized carbons (Fsp3) is 0.476. The van der Waals surface area contributed by atoms with Gasteiger partial charge in [0.05, 0.1) is 7.11 Å². The number of amides is 2. The summed E-state index contributed by atoms with van der Waals surface area (Å²) in [5.41, 5.74) is -1.13. The Balaban J connectivity index is 2.19. The number of hydrogen-bond donors (Lipinski definition) is 3. The standard InChI is InChI=1S/C21H28N2O9/c1-21(2,29)20(28)14-4-6-15(7-5-14)31-10-11-32-19(27)13-17(25)23-9-8-22-16(24)12-18(26)30-3/h4-7,29H,8-13H2,1-3H3,(H,22,24)(H,23,25). The monoisotopic (exact) mass is 452 g/mol. The Morgan fingerprint density at radius 1 is 0.875 bits per heavy atom. The lowest BCUT2D eigenvalue weighted by atomic mass is 9.97. The van der Waals surface area contributed by atoms with E-state index in [0.29, 0.717) is 11.3 Å². The summed E-state index contributed by atoms with van der Waals surface area (Å²) in [6, 6.07) is 6.14. The molecule has 1 aromatic carbocycles. The van der Waals surface area contributed by atoms with Crippen LogP contribution >= 0.6 is 0 Å². The molecule has 11 heteroatoms. The molecule has 176 valence electrons. The van der Waals surface area contributed by atoms with Crippen molar-refractivity contribution in [3.05, 3.63) is 29.8 Å². The minimum absolute atomic E-state index is 0.0401. The summed E-state index contributed by atoms with van der Waals surface area (Å²) < 4.78 is 14.7. The van der Waals surface area contributed by atoms with Crippen LogP contribution in [0.3, 0.4) is 0 Å². The van der Waals surface area contributed by atoms with Crippen molar-refractivity contribution < 1.29 is 43.3 Å². The van der Waals surface area contributed by atoms with Gasteiger partial charge in [0.25, 0.3) is 0 Å². The van der Waals surface area contributed by atoms with Crippen molar-refractivity contribution in [1.29, 1.82) is 0 Å². The minimum Gasteiger partial charge on any atom is -0.490 e. The van der Waals surface area contributed by atoms with E-state index in [1.807, 2.05) is 0 Å². The first-order chi connectivity index (χ1) is 15.0. The summed E-state index contributed by atoms with van der Waals surface area (Å²) in [7, 11) is 1.17. The van der Waals surface area contributed by atoms with Crippen molar-refractivity contribution in [2.75, 3.05) is 33.4 Å². The molecule has 3 N–H and O–H groups in total. The minimum atomic E-state index is -1.47. The molecule has 32 heavy (non-hydrogen) atoms. The molecular formula is C21H28N2O9. The van der Waals surface area contributed by atoms with E-state index in [4.69, 9.17) is 9.47 Å². The van der Waals surface area contributed by atoms with Gasteiger partial charge < -0.3 is 30.0 Å². The van der Waals surface area contributed by atoms with Gasteiger partial charge in [0.15, 0.2) is 5.78 Å². The zero-order valence-corrected chi connectivity index (χ0v) is 18.3. The second-order valence-corrected chi connectivity index (χ2v) is 7.11. The lowest BCUT2D eigenvalue weighted by Gasteiger charge is -2.15. The van der Waals surface area contributed by atoms with Gasteiger partial charge in [-0.3, -0.25) is 24.0 Å². The fourth-order valence-electron chi connectivity index (χ4n) is 2.29. The first kappa shape index (κ1) is 26.6. The number of carbonyl (C=O) groups is 5. The molecule has 0 radical (unpaired) electrons. The molecule has 0 fully saturated rings. The van der Waals surface area contributed by atoms with Crippen molar-refractivity contribution >= 4 is 29.5 Å². The zero-order valence-electron chi connectivity index (χ0n) is 18.3. The molecular weight excluding hydrogens is 424 g/mol. The van der Waals surface area contributed by atoms with E-state index >= 15 is 0 Å². The van der Waals surface area contributed by atoms with Crippen LogP contribution in [0.25, 0.3) is 0 Å². The van der Waals surface area contributed by atoms with Gasteiger partial charge in [0.1, 0.15) is 37.4 Å². The predicted molar refractivity (Wildman–Crippen MR) is 111 cm³/mol. The fourth-order valence-corrected chi connectivity index (χ4v) is 2.29. The SMILES string of the molecule is COC(=O)CC(=O)NCCNC(=O)CC(=O)OCCOc1ccc(C(=O)C(C)(C)O)cc1. The van der Waals surface area contributed by atoms with Crippen LogP contribution in [0.4, 0.5) is 0 Å². The average Bonchev–Trinajstić information content (AvgIpc) is 2.73. The van der Waals surface area contributed by atoms with E-state index < -0.39 is 48.0 Å². The van der Waals surface area contributed by atoms with Crippen LogP contribution in [0.5, 0.6) is 5.75 Å². The molecule has 0 saturated carbocycles. The highest BCUT2D eigenvalue weighted by Gasteiger charge is 2.24. The molecule has 1 aromatic rings. The molecule has 0 saturated heterocycles. The Morgan fingerprint density at radius 2 is 1.41 bits per heavy atom. The summed E-state index contributed by atoms with van der Waals surface area (Å²) in [5.74, 6) is -2.50. The number of carbonyl (C=O) groups excluding carboxylic acids is 5. The Hall–Kier alpha value is -3.47. The first-order valence-corrected chi connectivity index (χ1v) is 9.78. The number of esters is 2. The molecule has 0 atom stereocenters. The van der Waals surface area contributed by atoms with Crippen molar-refractivity contribution in [2.45, 2.75) is 32.3 Å². The van der Waals surface area contributed by atoms with Gasteiger partial charge in [-0.15, -0.1) is 0 Å². The van der Waals surface area contributed by atoms with Crippen molar-refractivity contribution in [3.8, 4) is 5.75 Å². The number of Topliss-reactive ketones (excluding diaryl/α,β-unsaturated/α-hetero) is 1. The van der Waals surface area contributed by atoms with Crippen molar-refractivity contribution in [2.24, 2.45) is 0 Å². The summed E-state index contributed by atoms with van der Waals surface area (Å²) in [5, 5.41) is 14.6. The van der Waals surface area contributed by atoms with Gasteiger partial charge >= 0.3 is 11.9 Å². The van der Waals surface area contributed by atoms with E-state index in [0.717, 1.165) is 0 Å². The zero-order chi connectivity index (χ0) is 24.1. The topological polar surface area (TPSA) is 157 Å². The summed E-state index contributed by atoms with van der Waals surface area (Å²) in [4.78, 5) is 57.5. The molecule has 0 unspecified atom stereocenters. The van der Waals surface area contributed by atoms with Crippen LogP contribution in [0.2, 0.25) is 0 Å². The number of nitrogens with one attached hydrogen (secondary N) is 2. The van der Waals surface area contributed by atoms with Crippen LogP contribution in [0, 0.1) is 0 Å². The second kappa shape index (κ2) is 13.1. The molecule has 0 heterocycles. The number of ether oxygens (including phenoxy) is 3. The van der Waals surface area contributed by atoms with Crippen molar-refractivity contribution in [3.63, 3.8) is 0 Å². The summed E-state index contributed by atoms with van der Waals surface area (Å²) in [6.45, 7) is 2.93. The third-order valence-electron chi connectivity index (χ3n) is 3.89. The maximum atomic E-state index is 11.9. The molecule has 0 aliphatic carbocycles. The molecule has 2 amide bonds. The smallest absolute Gasteiger partial charge is 0.315 e. The molecule has 11 nitrogen and oxygen atoms in total. The number of benzene rings is 1. The number of aliphatic hydroxyl groups is 1. The van der Waals surface area contributed by atoms with Crippen molar-refractivity contribution in [1.82, 2.24) is 10.6 Å². The van der Waals surface area contributed by atoms with E-state index in [9.17, 15) is 29.1 Å². The number of hydrogen-bond acceptors (Lipinski definition) is 9. The Kier molecular flexibility index (Phi) is 10.8. The van der Waals surface area contributed by atoms with Gasteiger partial charge in [-0.1, -0.05) is 0 Å². The van der Waals surface area contributed by atoms with Gasteiger partial charge in [-0.05, 0) is 38.1 Å². The van der Waals surface area contributed by atoms with Gasteiger partial charge in [0.2, 0.25) is 11.8 Å². The molecule has 0 aliphatic heterocycles. The number of ketones is 1. The normalized spacial score (nSPS) is 10.6. The first-order valence-electron chi connectivity index (χ1n) is 9.78. The average molecular weight is 452 g/mol. The highest BCUT2D eigenvalue weighted by Crippen LogP contribution is 2.17. The molecule has 0 bridgehead atoms. The third-order valence-corrected chi connectivity index (χ3v) is 3.89. The van der Waals surface area contributed by atoms with Gasteiger partial charge in [-0.25, -0.2) is 0 Å². The lowest BCUT2D eigenvalue weighted by molar-refractivity contribution is -0.147. The van der Waals surface area contributed by atoms with E-state index in [-0.39, 0.29) is 26.3 Å². The lowest BCUT2D eigenvalue weighted by Crippen LogP contribution is -2.36. The molecule has 1 rings (SSSR count). The van der Waals surface area contributed by atoms with Crippen LogP contribution < -0.4 is 15.4 Å². The molecule has 0 spiro atoms. The largest absolute Gasteiger partial charge is 0.490 e. The number of rotatable bonds is 13. The maximum Gasteiger partial charge on any atom is 0.315 e. The van der Waals surface area contributed by atoms with Crippen LogP contribution in [-0.2, 0) is 28.7 Å². The summed E-state index contributed by atoms with van der Waals surface area (Å²) in [6.07, 6.45) is -0.911. The third kappa shape index (κ3) is 10.5. The maximum absolute atomic E-state index is 11.9. The van der Waals surface area contributed by atoms with Gasteiger partial charge in [0, 0.05) is 18.7 Å². The quantitative estimate of drug-likeness (QED) is 0.159. The molecule has 0 aliphatic rings. The second-order valence-electron chi connectivity index (χ2n) is 7.11. The van der Waals surface area contributed by atoms with E-state index in [1.165, 1.54) is 33.1 Å². The summed E-state index contributed by atoms with van der Waals surface area (Å²) >= 11 is 0. The number of methoxy groups -OCH3 is 1. The van der Waals surface area contributed by atoms with E-state index in [1.54, 1.807) is 12.1 Å². The molecule has 0 aromatic heterocycles. The van der Waals surface area contributed by atoms with E-state index in [2.05, 4.69) is 15.4 Å². The Bertz CT molecular complexity index is 814.